The molecule has 0 saturated heterocycles. The molecule has 0 heterocycles. The SMILES string of the molecule is CCC(C)CC(C)CCCCOc1ccc(C(=O)O)c(OCc2ccccc2)c1. The maximum Gasteiger partial charge on any atom is 0.339 e. The van der Waals surface area contributed by atoms with E-state index >= 15 is 0 Å². The van der Waals surface area contributed by atoms with Gasteiger partial charge in [-0.25, -0.2) is 4.79 Å². The molecule has 4 nitrogen and oxygen atoms in total. The lowest BCUT2D eigenvalue weighted by Crippen LogP contribution is -2.05. The van der Waals surface area contributed by atoms with E-state index < -0.39 is 5.97 Å². The lowest BCUT2D eigenvalue weighted by atomic mass is 9.92. The summed E-state index contributed by atoms with van der Waals surface area (Å²) in [5.41, 5.74) is 1.13. The van der Waals surface area contributed by atoms with Crippen molar-refractivity contribution in [2.24, 2.45) is 11.8 Å². The van der Waals surface area contributed by atoms with Gasteiger partial charge in [-0.1, -0.05) is 63.9 Å². The van der Waals surface area contributed by atoms with Crippen LogP contribution in [-0.4, -0.2) is 17.7 Å². The number of unbranched alkanes of at least 4 members (excludes halogenated alkanes) is 1. The van der Waals surface area contributed by atoms with Gasteiger partial charge in [-0.05, 0) is 48.8 Å². The third-order valence-corrected chi connectivity index (χ3v) is 5.28. The van der Waals surface area contributed by atoms with Gasteiger partial charge in [0.1, 0.15) is 23.7 Å². The highest BCUT2D eigenvalue weighted by Crippen LogP contribution is 2.26. The van der Waals surface area contributed by atoms with Gasteiger partial charge in [-0.3, -0.25) is 0 Å². The average molecular weight is 399 g/mol. The van der Waals surface area contributed by atoms with E-state index in [9.17, 15) is 9.90 Å². The van der Waals surface area contributed by atoms with Crippen molar-refractivity contribution in [3.8, 4) is 11.5 Å². The number of hydrogen-bond donors (Lipinski definition) is 1. The van der Waals surface area contributed by atoms with Crippen molar-refractivity contribution in [1.29, 1.82) is 0 Å². The van der Waals surface area contributed by atoms with Crippen LogP contribution in [0.1, 0.15) is 68.8 Å². The summed E-state index contributed by atoms with van der Waals surface area (Å²) in [4.78, 5) is 11.5. The molecule has 158 valence electrons. The van der Waals surface area contributed by atoms with Crippen LogP contribution in [0.15, 0.2) is 48.5 Å². The van der Waals surface area contributed by atoms with E-state index in [0.717, 1.165) is 30.2 Å². The molecule has 4 heteroatoms. The Morgan fingerprint density at radius 1 is 1.00 bits per heavy atom. The second-order valence-corrected chi connectivity index (χ2v) is 7.94. The van der Waals surface area contributed by atoms with Crippen LogP contribution in [0.25, 0.3) is 0 Å². The monoisotopic (exact) mass is 398 g/mol. The van der Waals surface area contributed by atoms with E-state index in [1.165, 1.54) is 19.3 Å². The molecule has 2 aromatic carbocycles. The zero-order valence-electron chi connectivity index (χ0n) is 17.9. The minimum atomic E-state index is -1.00. The Balaban J connectivity index is 1.83. The predicted octanol–water partition coefficient (Wildman–Crippen LogP) is 6.59. The summed E-state index contributed by atoms with van der Waals surface area (Å²) >= 11 is 0. The second kappa shape index (κ2) is 12.2. The molecular formula is C25H34O4. The molecule has 0 bridgehead atoms. The van der Waals surface area contributed by atoms with Crippen molar-refractivity contribution in [2.45, 2.75) is 59.5 Å². The molecular weight excluding hydrogens is 364 g/mol. The van der Waals surface area contributed by atoms with Gasteiger partial charge in [-0.15, -0.1) is 0 Å². The fourth-order valence-electron chi connectivity index (χ4n) is 3.38. The van der Waals surface area contributed by atoms with E-state index in [2.05, 4.69) is 20.8 Å². The highest BCUT2D eigenvalue weighted by atomic mass is 16.5. The van der Waals surface area contributed by atoms with Gasteiger partial charge < -0.3 is 14.6 Å². The minimum Gasteiger partial charge on any atom is -0.493 e. The Bertz CT molecular complexity index is 742. The van der Waals surface area contributed by atoms with Crippen LogP contribution in [0.4, 0.5) is 0 Å². The Morgan fingerprint density at radius 3 is 2.45 bits per heavy atom. The summed E-state index contributed by atoms with van der Waals surface area (Å²) in [6, 6.07) is 14.6. The normalized spacial score (nSPS) is 12.9. The van der Waals surface area contributed by atoms with Crippen LogP contribution < -0.4 is 9.47 Å². The van der Waals surface area contributed by atoms with E-state index in [1.807, 2.05) is 30.3 Å². The Labute approximate surface area is 174 Å². The summed E-state index contributed by atoms with van der Waals surface area (Å²) in [7, 11) is 0. The van der Waals surface area contributed by atoms with Crippen molar-refractivity contribution in [3.05, 3.63) is 59.7 Å². The maximum atomic E-state index is 11.5. The quantitative estimate of drug-likeness (QED) is 0.387. The van der Waals surface area contributed by atoms with Crippen LogP contribution in [0, 0.1) is 11.8 Å². The first-order valence-electron chi connectivity index (χ1n) is 10.7. The summed E-state index contributed by atoms with van der Waals surface area (Å²) in [5.74, 6) is 1.52. The van der Waals surface area contributed by atoms with Crippen molar-refractivity contribution in [2.75, 3.05) is 6.61 Å². The van der Waals surface area contributed by atoms with E-state index in [4.69, 9.17) is 9.47 Å². The molecule has 0 aliphatic heterocycles. The smallest absolute Gasteiger partial charge is 0.339 e. The van der Waals surface area contributed by atoms with Gasteiger partial charge in [0.25, 0.3) is 0 Å². The largest absolute Gasteiger partial charge is 0.493 e. The Morgan fingerprint density at radius 2 is 1.76 bits per heavy atom. The number of carbonyl (C=O) groups is 1. The van der Waals surface area contributed by atoms with Gasteiger partial charge in [0.05, 0.1) is 6.61 Å². The molecule has 2 unspecified atom stereocenters. The third kappa shape index (κ3) is 8.18. The second-order valence-electron chi connectivity index (χ2n) is 7.94. The van der Waals surface area contributed by atoms with E-state index in [1.54, 1.807) is 18.2 Å². The predicted molar refractivity (Wildman–Crippen MR) is 117 cm³/mol. The topological polar surface area (TPSA) is 55.8 Å². The standard InChI is InChI=1S/C25H34O4/c1-4-19(2)16-20(3)10-8-9-15-28-22-13-14-23(25(26)27)24(17-22)29-18-21-11-6-5-7-12-21/h5-7,11-14,17,19-20H,4,8-10,15-16,18H2,1-3H3,(H,26,27). The Kier molecular flexibility index (Phi) is 9.55. The van der Waals surface area contributed by atoms with Crippen molar-refractivity contribution in [3.63, 3.8) is 0 Å². The number of rotatable bonds is 13. The lowest BCUT2D eigenvalue weighted by Gasteiger charge is -2.16. The van der Waals surface area contributed by atoms with Gasteiger partial charge in [0.15, 0.2) is 0 Å². The zero-order chi connectivity index (χ0) is 21.1. The maximum absolute atomic E-state index is 11.5. The first-order chi connectivity index (χ1) is 14.0. The molecule has 29 heavy (non-hydrogen) atoms. The van der Waals surface area contributed by atoms with Gasteiger partial charge >= 0.3 is 5.97 Å². The van der Waals surface area contributed by atoms with Crippen LogP contribution >= 0.6 is 0 Å². The highest BCUT2D eigenvalue weighted by molar-refractivity contribution is 5.91. The molecule has 2 aromatic rings. The molecule has 1 N–H and O–H groups in total. The number of carboxylic acid groups (broad SMARTS) is 1. The van der Waals surface area contributed by atoms with Crippen LogP contribution in [0.5, 0.6) is 11.5 Å². The molecule has 0 aromatic heterocycles. The fraction of sp³-hybridized carbons (Fsp3) is 0.480. The Hall–Kier alpha value is -2.49. The van der Waals surface area contributed by atoms with Crippen LogP contribution in [0.3, 0.4) is 0 Å². The average Bonchev–Trinajstić information content (AvgIpc) is 2.72. The molecule has 0 aliphatic rings. The van der Waals surface area contributed by atoms with Crippen LogP contribution in [0.2, 0.25) is 0 Å². The molecule has 2 atom stereocenters. The van der Waals surface area contributed by atoms with Crippen molar-refractivity contribution in [1.82, 2.24) is 0 Å². The molecule has 0 spiro atoms. The van der Waals surface area contributed by atoms with Crippen molar-refractivity contribution < 1.29 is 19.4 Å². The molecule has 0 fully saturated rings. The van der Waals surface area contributed by atoms with E-state index in [0.29, 0.717) is 24.7 Å². The third-order valence-electron chi connectivity index (χ3n) is 5.28. The number of carboxylic acids is 1. The van der Waals surface area contributed by atoms with Gasteiger partial charge in [-0.2, -0.15) is 0 Å². The summed E-state index contributed by atoms with van der Waals surface area (Å²) < 4.78 is 11.6. The number of aromatic carboxylic acids is 1. The summed E-state index contributed by atoms with van der Waals surface area (Å²) in [6.07, 6.45) is 5.88. The van der Waals surface area contributed by atoms with Crippen LogP contribution in [-0.2, 0) is 6.61 Å². The summed E-state index contributed by atoms with van der Waals surface area (Å²) in [6.45, 7) is 7.84. The molecule has 0 aliphatic carbocycles. The lowest BCUT2D eigenvalue weighted by molar-refractivity contribution is 0.0691. The number of hydrogen-bond acceptors (Lipinski definition) is 3. The zero-order valence-corrected chi connectivity index (χ0v) is 17.9. The van der Waals surface area contributed by atoms with Crippen molar-refractivity contribution >= 4 is 5.97 Å². The molecule has 0 amide bonds. The fourth-order valence-corrected chi connectivity index (χ4v) is 3.38. The van der Waals surface area contributed by atoms with Gasteiger partial charge in [0.2, 0.25) is 0 Å². The highest BCUT2D eigenvalue weighted by Gasteiger charge is 2.13. The molecule has 2 rings (SSSR count). The molecule has 0 radical (unpaired) electrons. The first-order valence-corrected chi connectivity index (χ1v) is 10.7. The summed E-state index contributed by atoms with van der Waals surface area (Å²) in [5, 5.41) is 9.41. The van der Waals surface area contributed by atoms with E-state index in [-0.39, 0.29) is 5.56 Å². The number of benzene rings is 2. The molecule has 0 saturated carbocycles. The minimum absolute atomic E-state index is 0.146. The van der Waals surface area contributed by atoms with Gasteiger partial charge in [0, 0.05) is 6.07 Å². The first kappa shape index (κ1) is 22.8. The number of ether oxygens (including phenoxy) is 2.